The molecule has 2 nitrogen and oxygen atoms in total. The first-order chi connectivity index (χ1) is 9.68. The molecule has 20 heavy (non-hydrogen) atoms. The fourth-order valence-electron chi connectivity index (χ4n) is 3.25. The molecular weight excluding hydrogens is 265 g/mol. The third-order valence-corrected chi connectivity index (χ3v) is 4.52. The van der Waals surface area contributed by atoms with Gasteiger partial charge < -0.3 is 5.32 Å². The lowest BCUT2D eigenvalue weighted by atomic mass is 9.76. The first kappa shape index (κ1) is 13.9. The second-order valence-corrected chi connectivity index (χ2v) is 5.68. The number of nitrogens with one attached hydrogen (secondary N) is 1. The summed E-state index contributed by atoms with van der Waals surface area (Å²) < 4.78 is 41.7. The quantitative estimate of drug-likeness (QED) is 0.859. The molecule has 1 heterocycles. The van der Waals surface area contributed by atoms with Gasteiger partial charge in [0.05, 0.1) is 0 Å². The number of hydrogen-bond donors (Lipinski definition) is 1. The molecule has 110 valence electrons. The number of benzene rings is 1. The summed E-state index contributed by atoms with van der Waals surface area (Å²) in [6.45, 7) is 3.11. The summed E-state index contributed by atoms with van der Waals surface area (Å²) >= 11 is 0. The Morgan fingerprint density at radius 1 is 1.05 bits per heavy atom. The monoisotopic (exact) mass is 284 g/mol. The third-order valence-electron chi connectivity index (χ3n) is 4.52. The van der Waals surface area contributed by atoms with Gasteiger partial charge in [-0.05, 0) is 30.9 Å². The summed E-state index contributed by atoms with van der Waals surface area (Å²) in [5.41, 5.74) is -0.0726. The van der Waals surface area contributed by atoms with Gasteiger partial charge in [-0.3, -0.25) is 4.90 Å². The minimum absolute atomic E-state index is 0.0726. The van der Waals surface area contributed by atoms with Gasteiger partial charge in [-0.1, -0.05) is 6.42 Å². The zero-order valence-electron chi connectivity index (χ0n) is 11.3. The van der Waals surface area contributed by atoms with Crippen LogP contribution >= 0.6 is 0 Å². The number of rotatable bonds is 3. The van der Waals surface area contributed by atoms with E-state index in [0.29, 0.717) is 0 Å². The molecule has 2 aliphatic rings. The molecule has 0 bridgehead atoms. The van der Waals surface area contributed by atoms with Crippen molar-refractivity contribution >= 4 is 0 Å². The maximum absolute atomic E-state index is 14.1. The lowest BCUT2D eigenvalue weighted by molar-refractivity contribution is 0.0779. The van der Waals surface area contributed by atoms with E-state index < -0.39 is 17.5 Å². The van der Waals surface area contributed by atoms with Crippen LogP contribution in [0.5, 0.6) is 0 Å². The molecule has 1 saturated heterocycles. The first-order valence-electron chi connectivity index (χ1n) is 7.26. The second-order valence-electron chi connectivity index (χ2n) is 5.68. The number of nitrogens with zero attached hydrogens (tertiary/aromatic N) is 1. The van der Waals surface area contributed by atoms with E-state index in [-0.39, 0.29) is 17.5 Å². The molecule has 1 aromatic carbocycles. The molecule has 1 aliphatic heterocycles. The van der Waals surface area contributed by atoms with Gasteiger partial charge in [-0.2, -0.15) is 0 Å². The van der Waals surface area contributed by atoms with Crippen molar-refractivity contribution in [3.63, 3.8) is 0 Å². The number of piperazine rings is 1. The van der Waals surface area contributed by atoms with Crippen LogP contribution in [0.4, 0.5) is 13.2 Å². The summed E-state index contributed by atoms with van der Waals surface area (Å²) in [5.74, 6) is -2.36. The van der Waals surface area contributed by atoms with Crippen LogP contribution in [0.3, 0.4) is 0 Å². The minimum atomic E-state index is -1.01. The molecule has 1 aliphatic carbocycles. The SMILES string of the molecule is Fc1ccc(F)c([C@H](C2CCC2)N2CCNCC2)c1F. The van der Waals surface area contributed by atoms with Gasteiger partial charge in [-0.15, -0.1) is 0 Å². The van der Waals surface area contributed by atoms with Crippen LogP contribution in [-0.4, -0.2) is 31.1 Å². The lowest BCUT2D eigenvalue weighted by Gasteiger charge is -2.43. The predicted molar refractivity (Wildman–Crippen MR) is 70.8 cm³/mol. The van der Waals surface area contributed by atoms with Crippen molar-refractivity contribution in [3.05, 3.63) is 35.1 Å². The standard InChI is InChI=1S/C15H19F3N2/c16-11-4-5-12(17)14(18)13(11)15(10-2-1-3-10)20-8-6-19-7-9-20/h4-5,10,15,19H,1-3,6-9H2/t15-/m0/s1. The molecule has 0 radical (unpaired) electrons. The zero-order chi connectivity index (χ0) is 14.1. The largest absolute Gasteiger partial charge is 0.314 e. The van der Waals surface area contributed by atoms with Gasteiger partial charge in [0.1, 0.15) is 5.82 Å². The van der Waals surface area contributed by atoms with Crippen LogP contribution in [-0.2, 0) is 0 Å². The van der Waals surface area contributed by atoms with E-state index in [9.17, 15) is 13.2 Å². The van der Waals surface area contributed by atoms with E-state index in [0.717, 1.165) is 57.6 Å². The summed E-state index contributed by atoms with van der Waals surface area (Å²) in [6.07, 6.45) is 3.01. The van der Waals surface area contributed by atoms with Gasteiger partial charge in [0, 0.05) is 37.8 Å². The lowest BCUT2D eigenvalue weighted by Crippen LogP contribution is -2.48. The van der Waals surface area contributed by atoms with E-state index in [1.54, 1.807) is 0 Å². The molecule has 1 aromatic rings. The Labute approximate surface area is 117 Å². The normalized spacial score (nSPS) is 22.6. The zero-order valence-corrected chi connectivity index (χ0v) is 11.3. The smallest absolute Gasteiger partial charge is 0.166 e. The van der Waals surface area contributed by atoms with Crippen molar-refractivity contribution < 1.29 is 13.2 Å². The van der Waals surface area contributed by atoms with Crippen molar-refractivity contribution in [3.8, 4) is 0 Å². The van der Waals surface area contributed by atoms with Crippen molar-refractivity contribution in [1.29, 1.82) is 0 Å². The fourth-order valence-corrected chi connectivity index (χ4v) is 3.25. The third kappa shape index (κ3) is 2.44. The molecule has 3 rings (SSSR count). The molecule has 0 amide bonds. The summed E-state index contributed by atoms with van der Waals surface area (Å²) in [7, 11) is 0. The van der Waals surface area contributed by atoms with Crippen molar-refractivity contribution in [2.45, 2.75) is 25.3 Å². The van der Waals surface area contributed by atoms with Crippen molar-refractivity contribution in [2.24, 2.45) is 5.92 Å². The minimum Gasteiger partial charge on any atom is -0.314 e. The molecule has 0 spiro atoms. The van der Waals surface area contributed by atoms with Crippen LogP contribution < -0.4 is 5.32 Å². The molecule has 2 fully saturated rings. The molecule has 1 saturated carbocycles. The average molecular weight is 284 g/mol. The fraction of sp³-hybridized carbons (Fsp3) is 0.600. The number of hydrogen-bond acceptors (Lipinski definition) is 2. The van der Waals surface area contributed by atoms with Gasteiger partial charge in [0.25, 0.3) is 0 Å². The van der Waals surface area contributed by atoms with E-state index >= 15 is 0 Å². The maximum atomic E-state index is 14.1. The van der Waals surface area contributed by atoms with Crippen LogP contribution in [0.25, 0.3) is 0 Å². The number of halogens is 3. The van der Waals surface area contributed by atoms with Gasteiger partial charge >= 0.3 is 0 Å². The highest BCUT2D eigenvalue weighted by Gasteiger charge is 2.37. The van der Waals surface area contributed by atoms with Gasteiger partial charge in [-0.25, -0.2) is 13.2 Å². The molecular formula is C15H19F3N2. The Morgan fingerprint density at radius 2 is 1.70 bits per heavy atom. The Balaban J connectivity index is 1.98. The molecule has 0 unspecified atom stereocenters. The topological polar surface area (TPSA) is 15.3 Å². The Bertz CT molecular complexity index is 482. The Morgan fingerprint density at radius 3 is 2.30 bits per heavy atom. The predicted octanol–water partition coefficient (Wildman–Crippen LogP) is 2.85. The van der Waals surface area contributed by atoms with E-state index in [2.05, 4.69) is 10.2 Å². The summed E-state index contributed by atoms with van der Waals surface area (Å²) in [5, 5.41) is 3.23. The second kappa shape index (κ2) is 5.74. The summed E-state index contributed by atoms with van der Waals surface area (Å²) in [6, 6.07) is 1.58. The average Bonchev–Trinajstić information content (AvgIpc) is 2.41. The van der Waals surface area contributed by atoms with E-state index in [1.165, 1.54) is 0 Å². The van der Waals surface area contributed by atoms with Crippen LogP contribution in [0.1, 0.15) is 30.9 Å². The van der Waals surface area contributed by atoms with Gasteiger partial charge in [0.15, 0.2) is 11.6 Å². The van der Waals surface area contributed by atoms with Crippen LogP contribution in [0, 0.1) is 23.4 Å². The van der Waals surface area contributed by atoms with Crippen LogP contribution in [0.2, 0.25) is 0 Å². The highest BCUT2D eigenvalue weighted by atomic mass is 19.2. The summed E-state index contributed by atoms with van der Waals surface area (Å²) in [4.78, 5) is 2.10. The Hall–Kier alpha value is -1.07. The molecule has 1 N–H and O–H groups in total. The first-order valence-corrected chi connectivity index (χ1v) is 7.26. The molecule has 5 heteroatoms. The van der Waals surface area contributed by atoms with E-state index in [1.807, 2.05) is 0 Å². The maximum Gasteiger partial charge on any atom is 0.166 e. The highest BCUT2D eigenvalue weighted by molar-refractivity contribution is 5.26. The van der Waals surface area contributed by atoms with Crippen molar-refractivity contribution in [1.82, 2.24) is 10.2 Å². The van der Waals surface area contributed by atoms with Gasteiger partial charge in [0.2, 0.25) is 0 Å². The Kier molecular flexibility index (Phi) is 3.98. The van der Waals surface area contributed by atoms with E-state index in [4.69, 9.17) is 0 Å². The van der Waals surface area contributed by atoms with Crippen molar-refractivity contribution in [2.75, 3.05) is 26.2 Å². The van der Waals surface area contributed by atoms with Crippen LogP contribution in [0.15, 0.2) is 12.1 Å². The molecule has 0 aromatic heterocycles. The molecule has 1 atom stereocenters. The highest BCUT2D eigenvalue weighted by Crippen LogP contribution is 2.43.